The fourth-order valence-electron chi connectivity index (χ4n) is 3.91. The molecule has 7 nitrogen and oxygen atoms in total. The molecule has 4 rings (SSSR count). The second-order valence-electron chi connectivity index (χ2n) is 8.33. The number of hydrogen-bond donors (Lipinski definition) is 1. The van der Waals surface area contributed by atoms with Crippen LogP contribution in [0, 0.1) is 0 Å². The van der Waals surface area contributed by atoms with Crippen LogP contribution < -0.4 is 14.8 Å². The number of hydrogen-bond acceptors (Lipinski definition) is 5. The van der Waals surface area contributed by atoms with Gasteiger partial charge in [0.1, 0.15) is 24.7 Å². The number of ether oxygens (including phenoxy) is 2. The third-order valence-corrected chi connectivity index (χ3v) is 7.69. The van der Waals surface area contributed by atoms with E-state index in [1.54, 1.807) is 52.8 Å². The smallest absolute Gasteiger partial charge is 0.255 e. The maximum absolute atomic E-state index is 12.9. The molecule has 1 fully saturated rings. The Bertz CT molecular complexity index is 1210. The molecule has 1 amide bonds. The first-order valence-corrected chi connectivity index (χ1v) is 13.3. The standard InChI is InChI=1S/C27H30N2O5S/c30-27(22-9-8-12-25(21-22)34-20-19-33-24-10-4-3-5-11-24)28-23-13-15-26(16-14-23)35(31,32)29-17-6-1-2-7-18-29/h3-5,8-16,21H,1-2,6-7,17-20H2,(H,28,30). The van der Waals surface area contributed by atoms with Crippen LogP contribution in [0.4, 0.5) is 5.69 Å². The number of rotatable bonds is 9. The van der Waals surface area contributed by atoms with Gasteiger partial charge in [-0.3, -0.25) is 4.79 Å². The minimum Gasteiger partial charge on any atom is -0.490 e. The van der Waals surface area contributed by atoms with E-state index < -0.39 is 10.0 Å². The Morgan fingerprint density at radius 3 is 2.09 bits per heavy atom. The van der Waals surface area contributed by atoms with Gasteiger partial charge in [-0.05, 0) is 67.4 Å². The number of amides is 1. The number of sulfonamides is 1. The minimum atomic E-state index is -3.52. The third kappa shape index (κ3) is 6.83. The average molecular weight is 495 g/mol. The van der Waals surface area contributed by atoms with Crippen molar-refractivity contribution in [2.45, 2.75) is 30.6 Å². The molecule has 1 heterocycles. The van der Waals surface area contributed by atoms with Crippen molar-refractivity contribution in [2.24, 2.45) is 0 Å². The molecule has 0 bridgehead atoms. The lowest BCUT2D eigenvalue weighted by Crippen LogP contribution is -2.31. The van der Waals surface area contributed by atoms with Crippen LogP contribution in [-0.2, 0) is 10.0 Å². The summed E-state index contributed by atoms with van der Waals surface area (Å²) in [7, 11) is -3.52. The predicted molar refractivity (Wildman–Crippen MR) is 135 cm³/mol. The first kappa shape index (κ1) is 24.8. The summed E-state index contributed by atoms with van der Waals surface area (Å²) in [5, 5.41) is 2.81. The highest BCUT2D eigenvalue weighted by atomic mass is 32.2. The van der Waals surface area contributed by atoms with Gasteiger partial charge < -0.3 is 14.8 Å². The van der Waals surface area contributed by atoms with Crippen LogP contribution >= 0.6 is 0 Å². The molecule has 0 aliphatic carbocycles. The quantitative estimate of drug-likeness (QED) is 0.425. The molecule has 0 saturated carbocycles. The Morgan fingerprint density at radius 2 is 1.40 bits per heavy atom. The Labute approximate surface area is 206 Å². The van der Waals surface area contributed by atoms with Crippen LogP contribution in [0.1, 0.15) is 36.0 Å². The number of para-hydroxylation sites is 1. The molecule has 3 aromatic carbocycles. The van der Waals surface area contributed by atoms with Gasteiger partial charge in [-0.1, -0.05) is 37.1 Å². The molecule has 0 radical (unpaired) electrons. The van der Waals surface area contributed by atoms with Crippen LogP contribution in [0.15, 0.2) is 83.8 Å². The summed E-state index contributed by atoms with van der Waals surface area (Å²) in [6.07, 6.45) is 3.89. The van der Waals surface area contributed by atoms with Crippen LogP contribution in [0.2, 0.25) is 0 Å². The van der Waals surface area contributed by atoms with Crippen LogP contribution in [0.5, 0.6) is 11.5 Å². The van der Waals surface area contributed by atoms with Gasteiger partial charge >= 0.3 is 0 Å². The third-order valence-electron chi connectivity index (χ3n) is 5.78. The van der Waals surface area contributed by atoms with Crippen molar-refractivity contribution in [3.8, 4) is 11.5 Å². The van der Waals surface area contributed by atoms with Crippen molar-refractivity contribution in [3.05, 3.63) is 84.4 Å². The van der Waals surface area contributed by atoms with Crippen molar-refractivity contribution in [1.29, 1.82) is 0 Å². The number of nitrogens with zero attached hydrogens (tertiary/aromatic N) is 1. The van der Waals surface area contributed by atoms with E-state index in [-0.39, 0.29) is 10.8 Å². The van der Waals surface area contributed by atoms with Crippen molar-refractivity contribution in [1.82, 2.24) is 4.31 Å². The van der Waals surface area contributed by atoms with Crippen molar-refractivity contribution in [2.75, 3.05) is 31.6 Å². The van der Waals surface area contributed by atoms with E-state index in [0.29, 0.717) is 43.3 Å². The van der Waals surface area contributed by atoms with E-state index in [1.165, 1.54) is 0 Å². The van der Waals surface area contributed by atoms with Crippen molar-refractivity contribution in [3.63, 3.8) is 0 Å². The van der Waals surface area contributed by atoms with Crippen LogP contribution in [0.3, 0.4) is 0 Å². The van der Waals surface area contributed by atoms with E-state index in [0.717, 1.165) is 31.4 Å². The molecule has 0 atom stereocenters. The fraction of sp³-hybridized carbons (Fsp3) is 0.296. The van der Waals surface area contributed by atoms with E-state index >= 15 is 0 Å². The molecule has 0 spiro atoms. The maximum Gasteiger partial charge on any atom is 0.255 e. The van der Waals surface area contributed by atoms with Gasteiger partial charge in [0.05, 0.1) is 4.90 Å². The molecule has 35 heavy (non-hydrogen) atoms. The molecule has 1 aliphatic rings. The zero-order valence-corrected chi connectivity index (χ0v) is 20.4. The highest BCUT2D eigenvalue weighted by Gasteiger charge is 2.25. The second kappa shape index (κ2) is 11.9. The molecule has 3 aromatic rings. The summed E-state index contributed by atoms with van der Waals surface area (Å²) < 4.78 is 38.8. The Kier molecular flexibility index (Phi) is 8.39. The molecule has 8 heteroatoms. The summed E-state index contributed by atoms with van der Waals surface area (Å²) in [5.41, 5.74) is 0.958. The number of anilines is 1. The molecule has 1 saturated heterocycles. The number of carbonyl (C=O) groups is 1. The van der Waals surface area contributed by atoms with E-state index in [9.17, 15) is 13.2 Å². The Hall–Kier alpha value is -3.36. The van der Waals surface area contributed by atoms with Gasteiger partial charge in [-0.25, -0.2) is 8.42 Å². The van der Waals surface area contributed by atoms with Gasteiger partial charge in [0.2, 0.25) is 10.0 Å². The summed E-state index contributed by atoms with van der Waals surface area (Å²) in [6.45, 7) is 1.83. The fourth-order valence-corrected chi connectivity index (χ4v) is 5.42. The van der Waals surface area contributed by atoms with Gasteiger partial charge in [0.25, 0.3) is 5.91 Å². The van der Waals surface area contributed by atoms with Crippen molar-refractivity contribution >= 4 is 21.6 Å². The molecule has 0 unspecified atom stereocenters. The van der Waals surface area contributed by atoms with Crippen LogP contribution in [0.25, 0.3) is 0 Å². The van der Waals surface area contributed by atoms with Gasteiger partial charge in [0.15, 0.2) is 0 Å². The molecule has 0 aromatic heterocycles. The Balaban J connectivity index is 1.32. The number of carbonyl (C=O) groups excluding carboxylic acids is 1. The zero-order chi connectivity index (χ0) is 24.5. The highest BCUT2D eigenvalue weighted by molar-refractivity contribution is 7.89. The molecule has 184 valence electrons. The molecular weight excluding hydrogens is 464 g/mol. The summed E-state index contributed by atoms with van der Waals surface area (Å²) in [5.74, 6) is 1.03. The molecular formula is C27H30N2O5S. The minimum absolute atomic E-state index is 0.241. The zero-order valence-electron chi connectivity index (χ0n) is 19.6. The first-order valence-electron chi connectivity index (χ1n) is 11.8. The summed E-state index contributed by atoms with van der Waals surface area (Å²) >= 11 is 0. The lowest BCUT2D eigenvalue weighted by Gasteiger charge is -2.20. The SMILES string of the molecule is O=C(Nc1ccc(S(=O)(=O)N2CCCCCC2)cc1)c1cccc(OCCOc2ccccc2)c1. The monoisotopic (exact) mass is 494 g/mol. The van der Waals surface area contributed by atoms with Gasteiger partial charge in [-0.15, -0.1) is 0 Å². The predicted octanol–water partition coefficient (Wildman–Crippen LogP) is 4.96. The van der Waals surface area contributed by atoms with Gasteiger partial charge in [0, 0.05) is 24.3 Å². The lowest BCUT2D eigenvalue weighted by molar-refractivity contribution is 0.102. The molecule has 1 aliphatic heterocycles. The van der Waals surface area contributed by atoms with Gasteiger partial charge in [-0.2, -0.15) is 4.31 Å². The average Bonchev–Trinajstić information content (AvgIpc) is 3.18. The normalized spacial score (nSPS) is 14.6. The maximum atomic E-state index is 12.9. The van der Waals surface area contributed by atoms with E-state index in [1.807, 2.05) is 30.3 Å². The highest BCUT2D eigenvalue weighted by Crippen LogP contribution is 2.22. The second-order valence-corrected chi connectivity index (χ2v) is 10.3. The van der Waals surface area contributed by atoms with E-state index in [2.05, 4.69) is 5.32 Å². The first-order chi connectivity index (χ1) is 17.0. The van der Waals surface area contributed by atoms with E-state index in [4.69, 9.17) is 9.47 Å². The number of benzene rings is 3. The summed E-state index contributed by atoms with van der Waals surface area (Å²) in [6, 6.07) is 22.7. The topological polar surface area (TPSA) is 84.9 Å². The molecule has 1 N–H and O–H groups in total. The Morgan fingerprint density at radius 1 is 0.771 bits per heavy atom. The van der Waals surface area contributed by atoms with Crippen molar-refractivity contribution < 1.29 is 22.7 Å². The summed E-state index contributed by atoms with van der Waals surface area (Å²) in [4.78, 5) is 13.0. The number of nitrogens with one attached hydrogen (secondary N) is 1. The lowest BCUT2D eigenvalue weighted by atomic mass is 10.2. The largest absolute Gasteiger partial charge is 0.490 e. The van der Waals surface area contributed by atoms with Crippen LogP contribution in [-0.4, -0.2) is 44.9 Å².